The molecule has 1 heterocycles. The highest BCUT2D eigenvalue weighted by atomic mass is 16.5. The number of aliphatic hydroxyl groups is 1. The maximum atomic E-state index is 12.9. The van der Waals surface area contributed by atoms with Crippen molar-refractivity contribution in [1.29, 1.82) is 0 Å². The van der Waals surface area contributed by atoms with E-state index in [1.807, 2.05) is 47.9 Å². The van der Waals surface area contributed by atoms with E-state index in [9.17, 15) is 19.5 Å². The number of carbonyl (C=O) groups is 3. The Morgan fingerprint density at radius 2 is 1.79 bits per heavy atom. The third kappa shape index (κ3) is 5.23. The van der Waals surface area contributed by atoms with E-state index in [-0.39, 0.29) is 23.8 Å². The van der Waals surface area contributed by atoms with Crippen LogP contribution in [0.4, 0.5) is 0 Å². The van der Waals surface area contributed by atoms with E-state index in [1.54, 1.807) is 26.0 Å². The molecule has 1 aromatic heterocycles. The molecule has 3 rings (SSSR count). The van der Waals surface area contributed by atoms with Crippen molar-refractivity contribution in [2.45, 2.75) is 40.0 Å². The summed E-state index contributed by atoms with van der Waals surface area (Å²) < 4.78 is 7.72. The number of nitrogens with zero attached hydrogens (tertiary/aromatic N) is 1. The first kappa shape index (κ1) is 24.0. The zero-order valence-electron chi connectivity index (χ0n) is 19.0. The van der Waals surface area contributed by atoms with Crippen LogP contribution in [0.15, 0.2) is 48.5 Å². The molecule has 0 spiro atoms. The highest BCUT2D eigenvalue weighted by Gasteiger charge is 2.27. The van der Waals surface area contributed by atoms with Gasteiger partial charge in [-0.1, -0.05) is 57.2 Å². The number of benzene rings is 2. The molecule has 0 unspecified atom stereocenters. The summed E-state index contributed by atoms with van der Waals surface area (Å²) in [4.78, 5) is 37.0. The molecule has 4 N–H and O–H groups in total. The van der Waals surface area contributed by atoms with Crippen LogP contribution in [-0.2, 0) is 22.6 Å². The van der Waals surface area contributed by atoms with Crippen molar-refractivity contribution in [3.05, 3.63) is 65.4 Å². The average molecular weight is 452 g/mol. The smallest absolute Gasteiger partial charge is 0.289 e. The van der Waals surface area contributed by atoms with Crippen molar-refractivity contribution in [3.63, 3.8) is 0 Å². The molecular formula is C25H29N3O5. The van der Waals surface area contributed by atoms with Gasteiger partial charge >= 0.3 is 0 Å². The lowest BCUT2D eigenvalue weighted by atomic mass is 10.0. The summed E-state index contributed by atoms with van der Waals surface area (Å²) in [5, 5.41) is 12.8. The lowest BCUT2D eigenvalue weighted by Gasteiger charge is -2.16. The Labute approximate surface area is 192 Å². The van der Waals surface area contributed by atoms with E-state index >= 15 is 0 Å². The molecule has 2 amide bonds. The maximum absolute atomic E-state index is 12.9. The van der Waals surface area contributed by atoms with Gasteiger partial charge in [-0.25, -0.2) is 0 Å². The number of carbonyl (C=O) groups excluding carboxylic acids is 3. The quantitative estimate of drug-likeness (QED) is 0.248. The topological polar surface area (TPSA) is 124 Å². The van der Waals surface area contributed by atoms with Crippen LogP contribution in [0.1, 0.15) is 42.4 Å². The minimum atomic E-state index is -1.06. The second-order valence-corrected chi connectivity index (χ2v) is 8.14. The number of nitrogens with two attached hydrogens (primary N) is 1. The SMILES string of the molecule is CCc1c(C(=O)C(N)=O)c2c(OCC(=O)N[C@@H](O)C(C)C)cccc2n1Cc1ccccc1. The predicted octanol–water partition coefficient (Wildman–Crippen LogP) is 2.39. The minimum Gasteiger partial charge on any atom is -0.483 e. The van der Waals surface area contributed by atoms with Gasteiger partial charge in [-0.3, -0.25) is 14.4 Å². The molecule has 0 bridgehead atoms. The number of aliphatic hydroxyl groups excluding tert-OH is 1. The van der Waals surface area contributed by atoms with Crippen molar-refractivity contribution in [2.75, 3.05) is 6.61 Å². The van der Waals surface area contributed by atoms with Crippen molar-refractivity contribution < 1.29 is 24.2 Å². The van der Waals surface area contributed by atoms with Crippen molar-refractivity contribution in [1.82, 2.24) is 9.88 Å². The van der Waals surface area contributed by atoms with Gasteiger partial charge in [0.1, 0.15) is 12.0 Å². The van der Waals surface area contributed by atoms with Crippen LogP contribution in [0.25, 0.3) is 10.9 Å². The van der Waals surface area contributed by atoms with Gasteiger partial charge in [0.2, 0.25) is 0 Å². The fourth-order valence-electron chi connectivity index (χ4n) is 3.74. The second kappa shape index (κ2) is 10.3. The molecule has 0 fully saturated rings. The summed E-state index contributed by atoms with van der Waals surface area (Å²) in [6.07, 6.45) is -0.515. The summed E-state index contributed by atoms with van der Waals surface area (Å²) in [7, 11) is 0. The van der Waals surface area contributed by atoms with Crippen LogP contribution in [-0.4, -0.2) is 40.1 Å². The first-order valence-corrected chi connectivity index (χ1v) is 10.9. The third-order valence-electron chi connectivity index (χ3n) is 5.43. The molecule has 0 aliphatic rings. The molecule has 0 aliphatic heterocycles. The Morgan fingerprint density at radius 3 is 2.39 bits per heavy atom. The molecule has 174 valence electrons. The predicted molar refractivity (Wildman–Crippen MR) is 125 cm³/mol. The number of ether oxygens (including phenoxy) is 1. The van der Waals surface area contributed by atoms with Gasteiger partial charge in [-0.15, -0.1) is 0 Å². The molecule has 33 heavy (non-hydrogen) atoms. The van der Waals surface area contributed by atoms with Crippen LogP contribution in [0.3, 0.4) is 0 Å². The molecular weight excluding hydrogens is 422 g/mol. The highest BCUT2D eigenvalue weighted by Crippen LogP contribution is 2.35. The van der Waals surface area contributed by atoms with Gasteiger partial charge in [0.25, 0.3) is 17.6 Å². The normalized spacial score (nSPS) is 12.0. The molecule has 0 radical (unpaired) electrons. The lowest BCUT2D eigenvalue weighted by molar-refractivity contribution is -0.126. The van der Waals surface area contributed by atoms with Gasteiger partial charge in [-0.05, 0) is 30.0 Å². The first-order valence-electron chi connectivity index (χ1n) is 10.9. The van der Waals surface area contributed by atoms with Crippen LogP contribution in [0, 0.1) is 5.92 Å². The van der Waals surface area contributed by atoms with E-state index in [4.69, 9.17) is 10.5 Å². The van der Waals surface area contributed by atoms with E-state index in [0.717, 1.165) is 5.56 Å². The molecule has 3 aromatic rings. The Bertz CT molecular complexity index is 1170. The number of hydrogen-bond donors (Lipinski definition) is 3. The number of amides is 2. The number of hydrogen-bond acceptors (Lipinski definition) is 5. The van der Waals surface area contributed by atoms with Gasteiger partial charge in [0.15, 0.2) is 6.61 Å². The molecule has 0 saturated carbocycles. The van der Waals surface area contributed by atoms with Gasteiger partial charge < -0.3 is 25.5 Å². The maximum Gasteiger partial charge on any atom is 0.289 e. The molecule has 0 aliphatic carbocycles. The summed E-state index contributed by atoms with van der Waals surface area (Å²) in [5.74, 6) is -2.24. The molecule has 8 nitrogen and oxygen atoms in total. The summed E-state index contributed by atoms with van der Waals surface area (Å²) in [6, 6.07) is 15.0. The van der Waals surface area contributed by atoms with Crippen molar-refractivity contribution in [2.24, 2.45) is 11.7 Å². The second-order valence-electron chi connectivity index (χ2n) is 8.14. The van der Waals surface area contributed by atoms with E-state index in [2.05, 4.69) is 5.32 Å². The summed E-state index contributed by atoms with van der Waals surface area (Å²) >= 11 is 0. The number of fused-ring (bicyclic) bond motifs is 1. The Morgan fingerprint density at radius 1 is 1.09 bits per heavy atom. The number of aromatic nitrogens is 1. The Kier molecular flexibility index (Phi) is 7.50. The summed E-state index contributed by atoms with van der Waals surface area (Å²) in [5.41, 5.74) is 7.94. The van der Waals surface area contributed by atoms with E-state index in [1.165, 1.54) is 0 Å². The van der Waals surface area contributed by atoms with Crippen LogP contribution in [0.2, 0.25) is 0 Å². The van der Waals surface area contributed by atoms with Crippen LogP contribution >= 0.6 is 0 Å². The van der Waals surface area contributed by atoms with Crippen molar-refractivity contribution >= 4 is 28.5 Å². The lowest BCUT2D eigenvalue weighted by Crippen LogP contribution is -2.40. The fraction of sp³-hybridized carbons (Fsp3) is 0.320. The number of primary amides is 1. The standard InChI is InChI=1S/C25H29N3O5/c1-4-17-22(23(30)24(26)31)21-18(28(17)13-16-9-6-5-7-10-16)11-8-12-19(21)33-14-20(29)27-25(32)15(2)3/h5-12,15,25,32H,4,13-14H2,1-3H3,(H2,26,31)(H,27,29)/t25-/m0/s1. The number of Topliss-reactive ketones (excluding diaryl/α,β-unsaturated/α-hetero) is 1. The first-order chi connectivity index (χ1) is 15.7. The molecule has 2 aromatic carbocycles. The molecule has 1 atom stereocenters. The number of nitrogens with one attached hydrogen (secondary N) is 1. The third-order valence-corrected chi connectivity index (χ3v) is 5.43. The largest absolute Gasteiger partial charge is 0.483 e. The van der Waals surface area contributed by atoms with Gasteiger partial charge in [-0.2, -0.15) is 0 Å². The Balaban J connectivity index is 2.07. The van der Waals surface area contributed by atoms with E-state index in [0.29, 0.717) is 29.6 Å². The van der Waals surface area contributed by atoms with Crippen molar-refractivity contribution in [3.8, 4) is 5.75 Å². The molecule has 0 saturated heterocycles. The zero-order valence-corrected chi connectivity index (χ0v) is 19.0. The number of rotatable bonds is 10. The number of ketones is 1. The van der Waals surface area contributed by atoms with Crippen LogP contribution in [0.5, 0.6) is 5.75 Å². The van der Waals surface area contributed by atoms with E-state index < -0.39 is 23.8 Å². The van der Waals surface area contributed by atoms with Crippen LogP contribution < -0.4 is 15.8 Å². The Hall–Kier alpha value is -3.65. The average Bonchev–Trinajstić information content (AvgIpc) is 3.11. The fourth-order valence-corrected chi connectivity index (χ4v) is 3.74. The van der Waals surface area contributed by atoms with Gasteiger partial charge in [0.05, 0.1) is 16.5 Å². The summed E-state index contributed by atoms with van der Waals surface area (Å²) in [6.45, 7) is 5.57. The highest BCUT2D eigenvalue weighted by molar-refractivity contribution is 6.45. The van der Waals surface area contributed by atoms with Gasteiger partial charge in [0, 0.05) is 12.2 Å². The minimum absolute atomic E-state index is 0.156. The monoisotopic (exact) mass is 451 g/mol. The molecule has 8 heteroatoms. The zero-order chi connectivity index (χ0) is 24.1.